The van der Waals surface area contributed by atoms with E-state index in [0.29, 0.717) is 17.1 Å². The number of ether oxygens (including phenoxy) is 1. The SMILES string of the molecule is COC(=O)C(c1ccccc1Cl)N1CCC(SC)C(=O)C1. The Morgan fingerprint density at radius 2 is 2.19 bits per heavy atom. The Balaban J connectivity index is 2.28. The van der Waals surface area contributed by atoms with Gasteiger partial charge in [-0.3, -0.25) is 9.69 Å². The van der Waals surface area contributed by atoms with Gasteiger partial charge in [-0.05, 0) is 24.3 Å². The molecule has 0 aliphatic carbocycles. The zero-order valence-corrected chi connectivity index (χ0v) is 13.6. The molecule has 1 aliphatic rings. The molecule has 2 unspecified atom stereocenters. The normalized spacial score (nSPS) is 21.1. The van der Waals surface area contributed by atoms with Crippen LogP contribution in [0.4, 0.5) is 0 Å². The summed E-state index contributed by atoms with van der Waals surface area (Å²) < 4.78 is 4.91. The summed E-state index contributed by atoms with van der Waals surface area (Å²) in [6.07, 6.45) is 2.67. The lowest BCUT2D eigenvalue weighted by Gasteiger charge is -2.35. The molecule has 0 spiro atoms. The quantitative estimate of drug-likeness (QED) is 0.795. The van der Waals surface area contributed by atoms with Crippen molar-refractivity contribution in [1.29, 1.82) is 0 Å². The lowest BCUT2D eigenvalue weighted by atomic mass is 10.0. The van der Waals surface area contributed by atoms with Gasteiger partial charge in [-0.25, -0.2) is 4.79 Å². The number of benzene rings is 1. The van der Waals surface area contributed by atoms with Crippen molar-refractivity contribution >= 4 is 35.1 Å². The third-order valence-corrected chi connectivity index (χ3v) is 5.08. The molecule has 1 heterocycles. The van der Waals surface area contributed by atoms with Gasteiger partial charge in [-0.15, -0.1) is 0 Å². The number of Topliss-reactive ketones (excluding diaryl/α,β-unsaturated/α-hetero) is 1. The topological polar surface area (TPSA) is 46.6 Å². The fourth-order valence-corrected chi connectivity index (χ4v) is 3.49. The Kier molecular flexibility index (Phi) is 5.67. The average Bonchev–Trinajstić information content (AvgIpc) is 2.49. The van der Waals surface area contributed by atoms with Gasteiger partial charge in [0, 0.05) is 11.6 Å². The minimum absolute atomic E-state index is 0.0193. The fourth-order valence-electron chi connectivity index (χ4n) is 2.58. The van der Waals surface area contributed by atoms with Crippen molar-refractivity contribution < 1.29 is 14.3 Å². The van der Waals surface area contributed by atoms with Crippen molar-refractivity contribution in [2.24, 2.45) is 0 Å². The number of likely N-dealkylation sites (tertiary alicyclic amines) is 1. The molecule has 0 amide bonds. The maximum Gasteiger partial charge on any atom is 0.327 e. The van der Waals surface area contributed by atoms with E-state index in [1.54, 1.807) is 23.9 Å². The van der Waals surface area contributed by atoms with E-state index in [1.807, 2.05) is 23.3 Å². The second-order valence-corrected chi connectivity index (χ2v) is 6.34. The summed E-state index contributed by atoms with van der Waals surface area (Å²) in [5.41, 5.74) is 0.682. The first-order chi connectivity index (χ1) is 10.1. The molecule has 1 aromatic rings. The number of ketones is 1. The fraction of sp³-hybridized carbons (Fsp3) is 0.467. The Bertz CT molecular complexity index is 537. The van der Waals surface area contributed by atoms with E-state index in [2.05, 4.69) is 0 Å². The highest BCUT2D eigenvalue weighted by Crippen LogP contribution is 2.31. The predicted octanol–water partition coefficient (Wildman–Crippen LogP) is 2.56. The third-order valence-electron chi connectivity index (χ3n) is 3.67. The Morgan fingerprint density at radius 1 is 1.48 bits per heavy atom. The van der Waals surface area contributed by atoms with Crippen LogP contribution in [0.2, 0.25) is 5.02 Å². The summed E-state index contributed by atoms with van der Waals surface area (Å²) in [6.45, 7) is 0.915. The first-order valence-corrected chi connectivity index (χ1v) is 8.37. The van der Waals surface area contributed by atoms with E-state index in [9.17, 15) is 9.59 Å². The van der Waals surface area contributed by atoms with Crippen LogP contribution in [0.1, 0.15) is 18.0 Å². The Labute approximate surface area is 133 Å². The zero-order valence-electron chi connectivity index (χ0n) is 12.0. The summed E-state index contributed by atoms with van der Waals surface area (Å²) in [5, 5.41) is 0.526. The first kappa shape index (κ1) is 16.3. The van der Waals surface area contributed by atoms with Crippen LogP contribution in [0.3, 0.4) is 0 Å². The summed E-state index contributed by atoms with van der Waals surface area (Å²) >= 11 is 7.77. The third kappa shape index (κ3) is 3.59. The van der Waals surface area contributed by atoms with Gasteiger partial charge in [0.2, 0.25) is 0 Å². The number of esters is 1. The maximum absolute atomic E-state index is 12.2. The largest absolute Gasteiger partial charge is 0.468 e. The van der Waals surface area contributed by atoms with Crippen LogP contribution < -0.4 is 0 Å². The highest BCUT2D eigenvalue weighted by atomic mass is 35.5. The first-order valence-electron chi connectivity index (χ1n) is 6.70. The summed E-state index contributed by atoms with van der Waals surface area (Å²) in [7, 11) is 1.35. The number of nitrogens with zero attached hydrogens (tertiary/aromatic N) is 1. The van der Waals surface area contributed by atoms with Gasteiger partial charge >= 0.3 is 5.97 Å². The van der Waals surface area contributed by atoms with Gasteiger partial charge in [0.15, 0.2) is 5.78 Å². The van der Waals surface area contributed by atoms with E-state index in [4.69, 9.17) is 16.3 Å². The van der Waals surface area contributed by atoms with Crippen molar-refractivity contribution in [1.82, 2.24) is 4.90 Å². The second-order valence-electron chi connectivity index (χ2n) is 4.90. The highest BCUT2D eigenvalue weighted by Gasteiger charge is 2.36. The van der Waals surface area contributed by atoms with Crippen LogP contribution in [0.5, 0.6) is 0 Å². The highest BCUT2D eigenvalue weighted by molar-refractivity contribution is 7.99. The molecule has 0 aromatic heterocycles. The lowest BCUT2D eigenvalue weighted by Crippen LogP contribution is -2.46. The van der Waals surface area contributed by atoms with Gasteiger partial charge in [0.25, 0.3) is 0 Å². The molecule has 1 fully saturated rings. The van der Waals surface area contributed by atoms with E-state index in [0.717, 1.165) is 6.42 Å². The predicted molar refractivity (Wildman–Crippen MR) is 84.7 cm³/mol. The van der Waals surface area contributed by atoms with Crippen LogP contribution in [0.25, 0.3) is 0 Å². The minimum Gasteiger partial charge on any atom is -0.468 e. The van der Waals surface area contributed by atoms with Crippen molar-refractivity contribution in [2.45, 2.75) is 17.7 Å². The molecular weight excluding hydrogens is 310 g/mol. The molecule has 6 heteroatoms. The second kappa shape index (κ2) is 7.29. The molecule has 114 valence electrons. The number of hydrogen-bond donors (Lipinski definition) is 0. The van der Waals surface area contributed by atoms with Crippen LogP contribution in [-0.4, -0.2) is 48.4 Å². The smallest absolute Gasteiger partial charge is 0.327 e. The molecule has 0 N–H and O–H groups in total. The maximum atomic E-state index is 12.2. The van der Waals surface area contributed by atoms with Gasteiger partial charge in [-0.2, -0.15) is 11.8 Å². The van der Waals surface area contributed by atoms with E-state index >= 15 is 0 Å². The number of thioether (sulfide) groups is 1. The molecule has 4 nitrogen and oxygen atoms in total. The van der Waals surface area contributed by atoms with E-state index in [-0.39, 0.29) is 17.6 Å². The summed E-state index contributed by atoms with van der Waals surface area (Å²) in [4.78, 5) is 26.2. The van der Waals surface area contributed by atoms with E-state index < -0.39 is 12.0 Å². The number of piperidine rings is 1. The summed E-state index contributed by atoms with van der Waals surface area (Å²) in [6, 6.07) is 6.55. The Morgan fingerprint density at radius 3 is 2.76 bits per heavy atom. The number of methoxy groups -OCH3 is 1. The van der Waals surface area contributed by atoms with Gasteiger partial charge in [0.05, 0.1) is 18.9 Å². The molecule has 1 saturated heterocycles. The van der Waals surface area contributed by atoms with Crippen LogP contribution in [0.15, 0.2) is 24.3 Å². The van der Waals surface area contributed by atoms with E-state index in [1.165, 1.54) is 7.11 Å². The number of hydrogen-bond acceptors (Lipinski definition) is 5. The molecule has 1 aliphatic heterocycles. The molecular formula is C15H18ClNO3S. The minimum atomic E-state index is -0.629. The van der Waals surface area contributed by atoms with Crippen molar-refractivity contribution in [3.05, 3.63) is 34.9 Å². The monoisotopic (exact) mass is 327 g/mol. The van der Waals surface area contributed by atoms with Crippen molar-refractivity contribution in [3.8, 4) is 0 Å². The van der Waals surface area contributed by atoms with Crippen LogP contribution in [0, 0.1) is 0 Å². The van der Waals surface area contributed by atoms with Crippen molar-refractivity contribution in [3.63, 3.8) is 0 Å². The van der Waals surface area contributed by atoms with Crippen LogP contribution in [-0.2, 0) is 14.3 Å². The standard InChI is InChI=1S/C15H18ClNO3S/c1-20-15(19)14(10-5-3-4-6-11(10)16)17-8-7-13(21-2)12(18)9-17/h3-6,13-14H,7-9H2,1-2H3. The molecule has 1 aromatic carbocycles. The molecule has 0 saturated carbocycles. The summed E-state index contributed by atoms with van der Waals surface area (Å²) in [5.74, 6) is -0.242. The number of carbonyl (C=O) groups excluding carboxylic acids is 2. The molecule has 2 rings (SSSR count). The number of rotatable bonds is 4. The molecule has 2 atom stereocenters. The average molecular weight is 328 g/mol. The number of halogens is 1. The zero-order chi connectivity index (χ0) is 15.4. The molecule has 21 heavy (non-hydrogen) atoms. The van der Waals surface area contributed by atoms with Crippen molar-refractivity contribution in [2.75, 3.05) is 26.5 Å². The Hall–Kier alpha value is -1.04. The number of carbonyl (C=O) groups is 2. The molecule has 0 radical (unpaired) electrons. The lowest BCUT2D eigenvalue weighted by molar-refractivity contribution is -0.148. The molecule has 0 bridgehead atoms. The van der Waals surface area contributed by atoms with Gasteiger partial charge in [-0.1, -0.05) is 29.8 Å². The van der Waals surface area contributed by atoms with Gasteiger partial charge < -0.3 is 4.74 Å². The van der Waals surface area contributed by atoms with Gasteiger partial charge in [0.1, 0.15) is 6.04 Å². The van der Waals surface area contributed by atoms with Crippen LogP contribution >= 0.6 is 23.4 Å².